The predicted octanol–water partition coefficient (Wildman–Crippen LogP) is 3.48. The van der Waals surface area contributed by atoms with Crippen LogP contribution < -0.4 is 4.90 Å². The van der Waals surface area contributed by atoms with E-state index < -0.39 is 35.3 Å². The van der Waals surface area contributed by atoms with Crippen molar-refractivity contribution in [3.05, 3.63) is 29.3 Å². The lowest BCUT2D eigenvalue weighted by Gasteiger charge is -2.30. The minimum absolute atomic E-state index is 0.230. The summed E-state index contributed by atoms with van der Waals surface area (Å²) in [5.41, 5.74) is 0.144. The van der Waals surface area contributed by atoms with Gasteiger partial charge in [-0.25, -0.2) is 14.4 Å². The summed E-state index contributed by atoms with van der Waals surface area (Å²) in [6, 6.07) is 3.94. The largest absolute Gasteiger partial charge is 0.465 e. The van der Waals surface area contributed by atoms with Crippen molar-refractivity contribution in [1.29, 1.82) is 0 Å². The first kappa shape index (κ1) is 20.7. The van der Waals surface area contributed by atoms with Crippen LogP contribution in [0, 0.1) is 0 Å². The van der Waals surface area contributed by atoms with Crippen LogP contribution in [0.4, 0.5) is 10.5 Å². The minimum Gasteiger partial charge on any atom is -0.465 e. The van der Waals surface area contributed by atoms with Gasteiger partial charge in [0.1, 0.15) is 17.2 Å². The highest BCUT2D eigenvalue weighted by Crippen LogP contribution is 2.35. The molecule has 1 aliphatic heterocycles. The molecule has 0 fully saturated rings. The highest BCUT2D eigenvalue weighted by Gasteiger charge is 2.42. The normalized spacial score (nSPS) is 16.6. The molecule has 148 valence electrons. The van der Waals surface area contributed by atoms with Gasteiger partial charge >= 0.3 is 18.0 Å². The number of hydrogen-bond acceptors (Lipinski definition) is 6. The number of hydrogen-bond donors (Lipinski definition) is 0. The zero-order valence-corrected chi connectivity index (χ0v) is 16.9. The van der Waals surface area contributed by atoms with Crippen molar-refractivity contribution >= 4 is 23.7 Å². The van der Waals surface area contributed by atoms with E-state index in [1.54, 1.807) is 59.7 Å². The second kappa shape index (κ2) is 7.21. The third-order valence-corrected chi connectivity index (χ3v) is 3.75. The average molecular weight is 377 g/mol. The van der Waals surface area contributed by atoms with Gasteiger partial charge in [0.05, 0.1) is 18.4 Å². The van der Waals surface area contributed by atoms with Crippen LogP contribution in [-0.2, 0) is 25.4 Å². The standard InChI is InChI=1S/C20H27NO6/c1-19(2,3)26-17(23)15-11-13-10-12(16(22)25-7)8-9-14(13)21(15)18(24)27-20(4,5)6/h8-10,15H,11H2,1-7H3. The molecule has 0 N–H and O–H groups in total. The summed E-state index contributed by atoms with van der Waals surface area (Å²) in [6.45, 7) is 10.6. The lowest BCUT2D eigenvalue weighted by molar-refractivity contribution is -0.156. The van der Waals surface area contributed by atoms with Gasteiger partial charge in [0.15, 0.2) is 0 Å². The smallest absolute Gasteiger partial charge is 0.415 e. The van der Waals surface area contributed by atoms with Crippen LogP contribution in [-0.4, -0.2) is 42.4 Å². The monoisotopic (exact) mass is 377 g/mol. The van der Waals surface area contributed by atoms with Gasteiger partial charge in [-0.3, -0.25) is 4.90 Å². The van der Waals surface area contributed by atoms with Gasteiger partial charge in [-0.2, -0.15) is 0 Å². The molecular formula is C20H27NO6. The van der Waals surface area contributed by atoms with Crippen molar-refractivity contribution in [3.63, 3.8) is 0 Å². The van der Waals surface area contributed by atoms with Gasteiger partial charge in [0, 0.05) is 6.42 Å². The maximum Gasteiger partial charge on any atom is 0.415 e. The van der Waals surface area contributed by atoms with Gasteiger partial charge in [-0.15, -0.1) is 0 Å². The van der Waals surface area contributed by atoms with Crippen LogP contribution in [0.1, 0.15) is 57.5 Å². The van der Waals surface area contributed by atoms with Crippen molar-refractivity contribution in [2.75, 3.05) is 12.0 Å². The SMILES string of the molecule is COC(=O)c1ccc2c(c1)CC(C(=O)OC(C)(C)C)N2C(=O)OC(C)(C)C. The first-order chi connectivity index (χ1) is 12.3. The summed E-state index contributed by atoms with van der Waals surface area (Å²) in [5.74, 6) is -1.01. The number of nitrogens with zero attached hydrogens (tertiary/aromatic N) is 1. The second-order valence-corrected chi connectivity index (χ2v) is 8.44. The summed E-state index contributed by atoms with van der Waals surface area (Å²) in [7, 11) is 1.30. The quantitative estimate of drug-likeness (QED) is 0.580. The van der Waals surface area contributed by atoms with Crippen molar-refractivity contribution in [2.24, 2.45) is 0 Å². The zero-order valence-electron chi connectivity index (χ0n) is 16.9. The number of carbonyl (C=O) groups excluding carboxylic acids is 3. The van der Waals surface area contributed by atoms with Crippen molar-refractivity contribution in [1.82, 2.24) is 0 Å². The third kappa shape index (κ3) is 4.99. The number of esters is 2. The van der Waals surface area contributed by atoms with Crippen LogP contribution in [0.5, 0.6) is 0 Å². The van der Waals surface area contributed by atoms with Gasteiger partial charge in [0.25, 0.3) is 0 Å². The summed E-state index contributed by atoms with van der Waals surface area (Å²) in [6.07, 6.45) is -0.406. The molecule has 1 aliphatic rings. The molecule has 1 amide bonds. The Balaban J connectivity index is 2.42. The molecule has 0 aliphatic carbocycles. The number of rotatable bonds is 2. The Bertz CT molecular complexity index is 757. The van der Waals surface area contributed by atoms with E-state index in [1.165, 1.54) is 12.0 Å². The summed E-state index contributed by atoms with van der Waals surface area (Å²) < 4.78 is 15.7. The predicted molar refractivity (Wildman–Crippen MR) is 99.8 cm³/mol. The minimum atomic E-state index is -0.859. The van der Waals surface area contributed by atoms with E-state index in [-0.39, 0.29) is 6.42 Å². The number of fused-ring (bicyclic) bond motifs is 1. The Labute approximate surface area is 159 Å². The summed E-state index contributed by atoms with van der Waals surface area (Å²) >= 11 is 0. The van der Waals surface area contributed by atoms with Gasteiger partial charge in [0.2, 0.25) is 0 Å². The molecule has 0 bridgehead atoms. The first-order valence-electron chi connectivity index (χ1n) is 8.79. The number of carbonyl (C=O) groups is 3. The maximum absolute atomic E-state index is 12.8. The Morgan fingerprint density at radius 3 is 2.11 bits per heavy atom. The van der Waals surface area contributed by atoms with Crippen LogP contribution in [0.15, 0.2) is 18.2 Å². The molecular weight excluding hydrogens is 350 g/mol. The first-order valence-corrected chi connectivity index (χ1v) is 8.79. The highest BCUT2D eigenvalue weighted by molar-refractivity contribution is 6.00. The number of anilines is 1. The van der Waals surface area contributed by atoms with E-state index >= 15 is 0 Å². The Morgan fingerprint density at radius 1 is 1.00 bits per heavy atom. The molecule has 1 aromatic rings. The molecule has 0 aromatic heterocycles. The fourth-order valence-electron chi connectivity index (χ4n) is 2.79. The molecule has 0 radical (unpaired) electrons. The average Bonchev–Trinajstić information content (AvgIpc) is 2.89. The molecule has 1 heterocycles. The van der Waals surface area contributed by atoms with Crippen LogP contribution >= 0.6 is 0 Å². The lowest BCUT2D eigenvalue weighted by Crippen LogP contribution is -2.47. The van der Waals surface area contributed by atoms with Crippen molar-refractivity contribution in [3.8, 4) is 0 Å². The Morgan fingerprint density at radius 2 is 1.59 bits per heavy atom. The van der Waals surface area contributed by atoms with Gasteiger partial charge in [-0.05, 0) is 65.3 Å². The third-order valence-electron chi connectivity index (χ3n) is 3.75. The van der Waals surface area contributed by atoms with Crippen LogP contribution in [0.3, 0.4) is 0 Å². The number of benzene rings is 1. The van der Waals surface area contributed by atoms with E-state index in [9.17, 15) is 14.4 Å². The van der Waals surface area contributed by atoms with Gasteiger partial charge < -0.3 is 14.2 Å². The number of amides is 1. The highest BCUT2D eigenvalue weighted by atomic mass is 16.6. The molecule has 7 heteroatoms. The number of ether oxygens (including phenoxy) is 3. The molecule has 1 aromatic carbocycles. The van der Waals surface area contributed by atoms with Crippen molar-refractivity contribution in [2.45, 2.75) is 65.2 Å². The van der Waals surface area contributed by atoms with Crippen LogP contribution in [0.2, 0.25) is 0 Å². The Kier molecular flexibility index (Phi) is 5.54. The maximum atomic E-state index is 12.8. The molecule has 7 nitrogen and oxygen atoms in total. The van der Waals surface area contributed by atoms with E-state index in [0.717, 1.165) is 0 Å². The topological polar surface area (TPSA) is 82.1 Å². The zero-order chi connectivity index (χ0) is 20.6. The second-order valence-electron chi connectivity index (χ2n) is 8.44. The lowest BCUT2D eigenvalue weighted by atomic mass is 10.1. The molecule has 0 spiro atoms. The Hall–Kier alpha value is -2.57. The summed E-state index contributed by atoms with van der Waals surface area (Å²) in [4.78, 5) is 38.6. The fourth-order valence-corrected chi connectivity index (χ4v) is 2.79. The molecule has 27 heavy (non-hydrogen) atoms. The molecule has 1 atom stereocenters. The van der Waals surface area contributed by atoms with Crippen molar-refractivity contribution < 1.29 is 28.6 Å². The molecule has 0 saturated carbocycles. The molecule has 0 saturated heterocycles. The van der Waals surface area contributed by atoms with E-state index in [2.05, 4.69) is 0 Å². The van der Waals surface area contributed by atoms with E-state index in [0.29, 0.717) is 16.8 Å². The summed E-state index contributed by atoms with van der Waals surface area (Å²) in [5, 5.41) is 0. The fraction of sp³-hybridized carbons (Fsp3) is 0.550. The van der Waals surface area contributed by atoms with Crippen LogP contribution in [0.25, 0.3) is 0 Å². The van der Waals surface area contributed by atoms with Gasteiger partial charge in [-0.1, -0.05) is 0 Å². The molecule has 1 unspecified atom stereocenters. The van der Waals surface area contributed by atoms with E-state index in [1.807, 2.05) is 0 Å². The molecule has 2 rings (SSSR count). The van der Waals surface area contributed by atoms with E-state index in [4.69, 9.17) is 14.2 Å². The number of methoxy groups -OCH3 is 1.